The zero-order chi connectivity index (χ0) is 15.9. The van der Waals surface area contributed by atoms with Crippen LogP contribution in [0.2, 0.25) is 5.02 Å². The van der Waals surface area contributed by atoms with Crippen molar-refractivity contribution in [1.82, 2.24) is 0 Å². The molecule has 0 spiro atoms. The number of hydrogen-bond donors (Lipinski definition) is 3. The van der Waals surface area contributed by atoms with Crippen molar-refractivity contribution in [1.29, 1.82) is 5.26 Å². The number of nitrogens with zero attached hydrogens (tertiary/aromatic N) is 1. The Bertz CT molecular complexity index is 749. The summed E-state index contributed by atoms with van der Waals surface area (Å²) in [6, 6.07) is 14.9. The Balaban J connectivity index is 2.09. The van der Waals surface area contributed by atoms with Gasteiger partial charge < -0.3 is 15.7 Å². The van der Waals surface area contributed by atoms with Gasteiger partial charge in [-0.05, 0) is 36.4 Å². The molecular formula is C16H12ClN3O2. The zero-order valence-electron chi connectivity index (χ0n) is 11.4. The largest absolute Gasteiger partial charge is 0.506 e. The van der Waals surface area contributed by atoms with Crippen molar-refractivity contribution in [2.24, 2.45) is 0 Å². The Morgan fingerprint density at radius 2 is 1.86 bits per heavy atom. The van der Waals surface area contributed by atoms with Gasteiger partial charge >= 0.3 is 0 Å². The Morgan fingerprint density at radius 1 is 1.18 bits per heavy atom. The maximum atomic E-state index is 12.0. The van der Waals surface area contributed by atoms with E-state index in [9.17, 15) is 9.90 Å². The summed E-state index contributed by atoms with van der Waals surface area (Å²) in [6.45, 7) is 0. The molecule has 0 aliphatic carbocycles. The molecule has 0 unspecified atom stereocenters. The van der Waals surface area contributed by atoms with Crippen LogP contribution in [0, 0.1) is 11.3 Å². The fourth-order valence-electron chi connectivity index (χ4n) is 1.62. The number of rotatable bonds is 4. The second-order valence-corrected chi connectivity index (χ2v) is 4.73. The van der Waals surface area contributed by atoms with Gasteiger partial charge in [-0.2, -0.15) is 5.26 Å². The van der Waals surface area contributed by atoms with Crippen molar-refractivity contribution >= 4 is 28.9 Å². The summed E-state index contributed by atoms with van der Waals surface area (Å²) in [4.78, 5) is 12.0. The number of para-hydroxylation sites is 2. The van der Waals surface area contributed by atoms with Gasteiger partial charge in [-0.15, -0.1) is 0 Å². The molecule has 0 fully saturated rings. The zero-order valence-corrected chi connectivity index (χ0v) is 12.1. The summed E-state index contributed by atoms with van der Waals surface area (Å²) < 4.78 is 0. The third kappa shape index (κ3) is 4.01. The molecule has 2 aromatic carbocycles. The second-order valence-electron chi connectivity index (χ2n) is 4.29. The number of aromatic hydroxyl groups is 1. The summed E-state index contributed by atoms with van der Waals surface area (Å²) in [6.07, 6.45) is 1.29. The van der Waals surface area contributed by atoms with Crippen LogP contribution < -0.4 is 10.6 Å². The lowest BCUT2D eigenvalue weighted by molar-refractivity contribution is -0.112. The van der Waals surface area contributed by atoms with Crippen LogP contribution in [0.1, 0.15) is 0 Å². The molecule has 5 nitrogen and oxygen atoms in total. The van der Waals surface area contributed by atoms with Gasteiger partial charge in [0.25, 0.3) is 5.91 Å². The topological polar surface area (TPSA) is 85.2 Å². The van der Waals surface area contributed by atoms with E-state index in [1.54, 1.807) is 42.5 Å². The Kier molecular flexibility index (Phi) is 5.02. The third-order valence-corrected chi connectivity index (χ3v) is 3.00. The van der Waals surface area contributed by atoms with Crippen LogP contribution in [0.25, 0.3) is 0 Å². The van der Waals surface area contributed by atoms with E-state index in [1.165, 1.54) is 18.3 Å². The van der Waals surface area contributed by atoms with Crippen LogP contribution in [0.5, 0.6) is 5.75 Å². The molecule has 1 amide bonds. The van der Waals surface area contributed by atoms with E-state index in [0.29, 0.717) is 10.7 Å². The molecule has 2 aromatic rings. The molecule has 0 heterocycles. The highest BCUT2D eigenvalue weighted by Crippen LogP contribution is 2.22. The van der Waals surface area contributed by atoms with Gasteiger partial charge in [0, 0.05) is 16.9 Å². The average molecular weight is 314 g/mol. The molecule has 6 heteroatoms. The third-order valence-electron chi connectivity index (χ3n) is 2.74. The normalized spacial score (nSPS) is 10.6. The monoisotopic (exact) mass is 313 g/mol. The second kappa shape index (κ2) is 7.16. The van der Waals surface area contributed by atoms with Gasteiger partial charge in [0.05, 0.1) is 5.69 Å². The number of phenols is 1. The Hall–Kier alpha value is -2.97. The molecule has 0 aliphatic heterocycles. The van der Waals surface area contributed by atoms with Crippen molar-refractivity contribution in [3.05, 3.63) is 65.3 Å². The van der Waals surface area contributed by atoms with Gasteiger partial charge in [0.15, 0.2) is 0 Å². The first-order valence-corrected chi connectivity index (χ1v) is 6.69. The molecular weight excluding hydrogens is 302 g/mol. The number of halogens is 1. The molecule has 0 aliphatic rings. The number of nitriles is 1. The fraction of sp³-hybridized carbons (Fsp3) is 0. The molecule has 0 radical (unpaired) electrons. The van der Waals surface area contributed by atoms with E-state index >= 15 is 0 Å². The van der Waals surface area contributed by atoms with E-state index in [0.717, 1.165) is 0 Å². The van der Waals surface area contributed by atoms with E-state index in [4.69, 9.17) is 16.9 Å². The van der Waals surface area contributed by atoms with Gasteiger partial charge in [-0.25, -0.2) is 0 Å². The SMILES string of the molecule is N#C/C(=C/Nc1ccc(Cl)cc1)C(=O)Nc1ccccc1O. The number of carbonyl (C=O) groups excluding carboxylic acids is 1. The van der Waals surface area contributed by atoms with Crippen LogP contribution in [-0.2, 0) is 4.79 Å². The first kappa shape index (κ1) is 15.4. The average Bonchev–Trinajstić information content (AvgIpc) is 2.52. The lowest BCUT2D eigenvalue weighted by atomic mass is 10.2. The number of nitrogens with one attached hydrogen (secondary N) is 2. The number of hydrogen-bond acceptors (Lipinski definition) is 4. The summed E-state index contributed by atoms with van der Waals surface area (Å²) >= 11 is 5.77. The van der Waals surface area contributed by atoms with Gasteiger partial charge in [-0.1, -0.05) is 23.7 Å². The first-order chi connectivity index (χ1) is 10.6. The highest BCUT2D eigenvalue weighted by Gasteiger charge is 2.11. The quantitative estimate of drug-likeness (QED) is 0.458. The fourth-order valence-corrected chi connectivity index (χ4v) is 1.75. The molecule has 0 atom stereocenters. The van der Waals surface area contributed by atoms with Crippen molar-refractivity contribution < 1.29 is 9.90 Å². The lowest BCUT2D eigenvalue weighted by Gasteiger charge is -2.06. The van der Waals surface area contributed by atoms with Gasteiger partial charge in [0.2, 0.25) is 0 Å². The van der Waals surface area contributed by atoms with Gasteiger partial charge in [-0.3, -0.25) is 4.79 Å². The lowest BCUT2D eigenvalue weighted by Crippen LogP contribution is -2.14. The number of phenolic OH excluding ortho intramolecular Hbond substituents is 1. The standard InChI is InChI=1S/C16H12ClN3O2/c17-12-5-7-13(8-6-12)19-10-11(9-18)16(22)20-14-3-1-2-4-15(14)21/h1-8,10,19,21H,(H,20,22)/b11-10-. The first-order valence-electron chi connectivity index (χ1n) is 6.32. The number of benzene rings is 2. The molecule has 110 valence electrons. The molecule has 0 saturated heterocycles. The summed E-state index contributed by atoms with van der Waals surface area (Å²) in [5.74, 6) is -0.690. The maximum Gasteiger partial charge on any atom is 0.267 e. The van der Waals surface area contributed by atoms with Crippen molar-refractivity contribution in [3.8, 4) is 11.8 Å². The minimum absolute atomic E-state index is 0.0706. The molecule has 2 rings (SSSR count). The summed E-state index contributed by atoms with van der Waals surface area (Å²) in [7, 11) is 0. The van der Waals surface area contributed by atoms with Crippen LogP contribution in [-0.4, -0.2) is 11.0 Å². The predicted octanol–water partition coefficient (Wildman–Crippen LogP) is 3.50. The van der Waals surface area contributed by atoms with Crippen LogP contribution >= 0.6 is 11.6 Å². The minimum atomic E-state index is -0.620. The summed E-state index contributed by atoms with van der Waals surface area (Å²) in [5, 5.41) is 24.6. The summed E-state index contributed by atoms with van der Waals surface area (Å²) in [5.41, 5.74) is 0.797. The van der Waals surface area contributed by atoms with E-state index in [2.05, 4.69) is 10.6 Å². The number of anilines is 2. The van der Waals surface area contributed by atoms with Gasteiger partial charge in [0.1, 0.15) is 17.4 Å². The molecule has 0 saturated carbocycles. The number of amides is 1. The minimum Gasteiger partial charge on any atom is -0.506 e. The molecule has 0 bridgehead atoms. The highest BCUT2D eigenvalue weighted by atomic mass is 35.5. The maximum absolute atomic E-state index is 12.0. The highest BCUT2D eigenvalue weighted by molar-refractivity contribution is 6.30. The van der Waals surface area contributed by atoms with E-state index < -0.39 is 5.91 Å². The Morgan fingerprint density at radius 3 is 2.50 bits per heavy atom. The molecule has 22 heavy (non-hydrogen) atoms. The van der Waals surface area contributed by atoms with Crippen molar-refractivity contribution in [2.45, 2.75) is 0 Å². The van der Waals surface area contributed by atoms with Crippen LogP contribution in [0.4, 0.5) is 11.4 Å². The predicted molar refractivity (Wildman–Crippen MR) is 85.5 cm³/mol. The molecule has 0 aromatic heterocycles. The molecule has 3 N–H and O–H groups in total. The van der Waals surface area contributed by atoms with E-state index in [-0.39, 0.29) is 17.0 Å². The van der Waals surface area contributed by atoms with E-state index in [1.807, 2.05) is 0 Å². The van der Waals surface area contributed by atoms with Crippen LogP contribution in [0.15, 0.2) is 60.3 Å². The van der Waals surface area contributed by atoms with Crippen molar-refractivity contribution in [3.63, 3.8) is 0 Å². The smallest absolute Gasteiger partial charge is 0.267 e. The van der Waals surface area contributed by atoms with Crippen molar-refractivity contribution in [2.75, 3.05) is 10.6 Å². The number of carbonyl (C=O) groups is 1. The Labute approximate surface area is 132 Å². The van der Waals surface area contributed by atoms with Crippen LogP contribution in [0.3, 0.4) is 0 Å².